The zero-order valence-electron chi connectivity index (χ0n) is 17.5. The maximum Gasteiger partial charge on any atom is 0.0908 e. The monoisotopic (exact) mass is 342 g/mol. The van der Waals surface area contributed by atoms with E-state index in [9.17, 15) is 0 Å². The first-order valence-corrected chi connectivity index (χ1v) is 9.57. The van der Waals surface area contributed by atoms with Crippen LogP contribution in [0.4, 0.5) is 0 Å². The number of likely N-dealkylation sites (N-methyl/N-ethyl adjacent to an activating group) is 2. The van der Waals surface area contributed by atoms with Gasteiger partial charge in [-0.25, -0.2) is 10.9 Å². The van der Waals surface area contributed by atoms with Crippen LogP contribution in [-0.4, -0.2) is 92.4 Å². The van der Waals surface area contributed by atoms with E-state index in [2.05, 4.69) is 93.7 Å². The average Bonchev–Trinajstić information content (AvgIpc) is 2.48. The van der Waals surface area contributed by atoms with Crippen molar-refractivity contribution in [1.82, 2.24) is 30.7 Å². The van der Waals surface area contributed by atoms with Gasteiger partial charge in [0.2, 0.25) is 0 Å². The first kappa shape index (κ1) is 21.8. The molecule has 1 aliphatic rings. The lowest BCUT2D eigenvalue weighted by atomic mass is 9.91. The van der Waals surface area contributed by atoms with E-state index in [4.69, 9.17) is 0 Å². The molecule has 5 atom stereocenters. The zero-order chi connectivity index (χ0) is 18.4. The normalized spacial score (nSPS) is 27.0. The second kappa shape index (κ2) is 10.0. The number of hydrazine groups is 2. The van der Waals surface area contributed by atoms with Gasteiger partial charge in [-0.2, -0.15) is 5.12 Å². The lowest BCUT2D eigenvalue weighted by Gasteiger charge is -2.50. The summed E-state index contributed by atoms with van der Waals surface area (Å²) in [6.45, 7) is 6.83. The van der Waals surface area contributed by atoms with Crippen LogP contribution in [0.5, 0.6) is 0 Å². The van der Waals surface area contributed by atoms with Crippen LogP contribution >= 0.6 is 0 Å². The predicted molar refractivity (Wildman–Crippen MR) is 104 cm³/mol. The van der Waals surface area contributed by atoms with Crippen LogP contribution in [-0.2, 0) is 0 Å². The summed E-state index contributed by atoms with van der Waals surface area (Å²) in [5.41, 5.74) is 7.57. The van der Waals surface area contributed by atoms with Crippen LogP contribution in [0.3, 0.4) is 0 Å². The molecule has 0 aromatic rings. The Kier molecular flexibility index (Phi) is 9.12. The van der Waals surface area contributed by atoms with Crippen LogP contribution in [0.1, 0.15) is 46.5 Å². The van der Waals surface area contributed by atoms with Crippen molar-refractivity contribution < 1.29 is 0 Å². The highest BCUT2D eigenvalue weighted by Gasteiger charge is 2.38. The van der Waals surface area contributed by atoms with E-state index in [0.29, 0.717) is 30.3 Å². The van der Waals surface area contributed by atoms with E-state index in [0.717, 1.165) is 25.7 Å². The highest BCUT2D eigenvalue weighted by atomic mass is 15.8. The Morgan fingerprint density at radius 1 is 0.750 bits per heavy atom. The lowest BCUT2D eigenvalue weighted by molar-refractivity contribution is -0.0899. The van der Waals surface area contributed by atoms with Crippen LogP contribution < -0.4 is 10.9 Å². The molecule has 0 saturated carbocycles. The van der Waals surface area contributed by atoms with Crippen molar-refractivity contribution in [1.29, 1.82) is 0 Å². The van der Waals surface area contributed by atoms with Gasteiger partial charge >= 0.3 is 0 Å². The summed E-state index contributed by atoms with van der Waals surface area (Å²) < 4.78 is 0. The van der Waals surface area contributed by atoms with E-state index in [1.165, 1.54) is 0 Å². The van der Waals surface area contributed by atoms with Gasteiger partial charge in [-0.3, -0.25) is 4.90 Å². The Labute approximate surface area is 150 Å². The van der Waals surface area contributed by atoms with Crippen molar-refractivity contribution in [2.75, 3.05) is 42.3 Å². The molecular weight excluding hydrogens is 300 g/mol. The third-order valence-electron chi connectivity index (χ3n) is 5.47. The van der Waals surface area contributed by atoms with Crippen molar-refractivity contribution in [2.24, 2.45) is 0 Å². The second-order valence-corrected chi connectivity index (χ2v) is 7.81. The Bertz CT molecular complexity index is 288. The molecule has 5 unspecified atom stereocenters. The third kappa shape index (κ3) is 5.38. The largest absolute Gasteiger partial charge is 0.305 e. The van der Waals surface area contributed by atoms with E-state index >= 15 is 0 Å². The number of nitrogens with zero attached hydrogens (tertiary/aromatic N) is 4. The van der Waals surface area contributed by atoms with Crippen LogP contribution in [0.15, 0.2) is 0 Å². The summed E-state index contributed by atoms with van der Waals surface area (Å²) in [5.74, 6) is 0. The number of nitrogens with one attached hydrogen (secondary N) is 2. The zero-order valence-corrected chi connectivity index (χ0v) is 17.5. The summed E-state index contributed by atoms with van der Waals surface area (Å²) in [6.07, 6.45) is 4.87. The number of rotatable bonds is 9. The van der Waals surface area contributed by atoms with Gasteiger partial charge in [-0.05, 0) is 68.0 Å². The van der Waals surface area contributed by atoms with Crippen molar-refractivity contribution in [3.8, 4) is 0 Å². The van der Waals surface area contributed by atoms with Gasteiger partial charge < -0.3 is 9.80 Å². The smallest absolute Gasteiger partial charge is 0.0908 e. The fourth-order valence-corrected chi connectivity index (χ4v) is 4.23. The van der Waals surface area contributed by atoms with Gasteiger partial charge in [0.05, 0.1) is 6.17 Å². The maximum atomic E-state index is 3.79. The van der Waals surface area contributed by atoms with Crippen LogP contribution in [0.2, 0.25) is 0 Å². The molecule has 24 heavy (non-hydrogen) atoms. The van der Waals surface area contributed by atoms with Gasteiger partial charge in [0, 0.05) is 24.2 Å². The van der Waals surface area contributed by atoms with Gasteiger partial charge in [0.15, 0.2) is 0 Å². The fraction of sp³-hybridized carbons (Fsp3) is 1.00. The Morgan fingerprint density at radius 3 is 1.42 bits per heavy atom. The SMILES string of the molecule is CCC(C1CC(C(CC)N(C)C)NN(C(CC)N(C)C)N1)N(C)C. The van der Waals surface area contributed by atoms with Crippen molar-refractivity contribution in [3.05, 3.63) is 0 Å². The van der Waals surface area contributed by atoms with Gasteiger partial charge in [0.1, 0.15) is 0 Å². The maximum absolute atomic E-state index is 3.79. The fourth-order valence-electron chi connectivity index (χ4n) is 4.23. The minimum atomic E-state index is 0.342. The summed E-state index contributed by atoms with van der Waals surface area (Å²) in [4.78, 5) is 7.02. The Balaban J connectivity index is 3.05. The third-order valence-corrected chi connectivity index (χ3v) is 5.47. The van der Waals surface area contributed by atoms with E-state index in [1.807, 2.05) is 0 Å². The molecule has 0 aromatic carbocycles. The molecule has 0 radical (unpaired) electrons. The minimum absolute atomic E-state index is 0.342. The average molecular weight is 343 g/mol. The molecule has 6 nitrogen and oxygen atoms in total. The quantitative estimate of drug-likeness (QED) is 0.660. The first-order valence-electron chi connectivity index (χ1n) is 9.57. The van der Waals surface area contributed by atoms with Crippen molar-refractivity contribution >= 4 is 0 Å². The molecule has 1 rings (SSSR count). The molecule has 1 heterocycles. The molecule has 0 aromatic heterocycles. The van der Waals surface area contributed by atoms with Crippen molar-refractivity contribution in [3.63, 3.8) is 0 Å². The van der Waals surface area contributed by atoms with Gasteiger partial charge in [-0.15, -0.1) is 0 Å². The molecular formula is C18H42N6. The Morgan fingerprint density at radius 2 is 1.17 bits per heavy atom. The van der Waals surface area contributed by atoms with Crippen molar-refractivity contribution in [2.45, 2.75) is 76.8 Å². The number of hydrogen-bond donors (Lipinski definition) is 2. The summed E-state index contributed by atoms with van der Waals surface area (Å²) in [7, 11) is 13.1. The summed E-state index contributed by atoms with van der Waals surface area (Å²) in [5, 5.41) is 2.27. The molecule has 1 saturated heterocycles. The molecule has 0 bridgehead atoms. The molecule has 0 spiro atoms. The molecule has 1 fully saturated rings. The van der Waals surface area contributed by atoms with E-state index < -0.39 is 0 Å². The Hall–Kier alpha value is -0.240. The summed E-state index contributed by atoms with van der Waals surface area (Å²) >= 11 is 0. The molecule has 144 valence electrons. The molecule has 2 N–H and O–H groups in total. The van der Waals surface area contributed by atoms with Gasteiger partial charge in [-0.1, -0.05) is 20.8 Å². The molecule has 0 aliphatic carbocycles. The standard InChI is InChI=1S/C18H42N6/c1-10-16(21(4)5)14-13-15(17(11-2)22(6)7)20-24(19-14)18(12-3)23(8)9/h14-20H,10-13H2,1-9H3. The lowest BCUT2D eigenvalue weighted by Crippen LogP contribution is -2.72. The summed E-state index contributed by atoms with van der Waals surface area (Å²) in [6, 6.07) is 1.99. The second-order valence-electron chi connectivity index (χ2n) is 7.81. The van der Waals surface area contributed by atoms with Crippen LogP contribution in [0.25, 0.3) is 0 Å². The van der Waals surface area contributed by atoms with E-state index in [-0.39, 0.29) is 0 Å². The highest BCUT2D eigenvalue weighted by Crippen LogP contribution is 2.22. The van der Waals surface area contributed by atoms with Crippen LogP contribution in [0, 0.1) is 0 Å². The van der Waals surface area contributed by atoms with E-state index in [1.54, 1.807) is 0 Å². The predicted octanol–water partition coefficient (Wildman–Crippen LogP) is 1.42. The molecule has 1 aliphatic heterocycles. The topological polar surface area (TPSA) is 37.0 Å². The minimum Gasteiger partial charge on any atom is -0.305 e. The highest BCUT2D eigenvalue weighted by molar-refractivity contribution is 4.93. The molecule has 6 heteroatoms. The first-order chi connectivity index (χ1) is 11.3. The molecule has 0 amide bonds. The van der Waals surface area contributed by atoms with Gasteiger partial charge in [0.25, 0.3) is 0 Å². The number of hydrogen-bond acceptors (Lipinski definition) is 6.